The number of benzene rings is 2. The van der Waals surface area contributed by atoms with Crippen molar-refractivity contribution in [3.63, 3.8) is 0 Å². The van der Waals surface area contributed by atoms with Crippen LogP contribution in [-0.4, -0.2) is 20.2 Å². The van der Waals surface area contributed by atoms with Gasteiger partial charge in [-0.25, -0.2) is 4.79 Å². The van der Waals surface area contributed by atoms with E-state index >= 15 is 0 Å². The second-order valence-corrected chi connectivity index (χ2v) is 4.57. The highest BCUT2D eigenvalue weighted by molar-refractivity contribution is 5.90. The molecule has 110 valence electrons. The largest absolute Gasteiger partial charge is 0.493 e. The Morgan fingerprint density at radius 1 is 1.05 bits per heavy atom. The van der Waals surface area contributed by atoms with Gasteiger partial charge in [-0.1, -0.05) is 24.3 Å². The molecule has 2 aromatic rings. The number of ether oxygens (including phenoxy) is 3. The highest BCUT2D eigenvalue weighted by Gasteiger charge is 2.11. The lowest BCUT2D eigenvalue weighted by molar-refractivity contribution is 0.0600. The molecule has 0 radical (unpaired) electrons. The highest BCUT2D eigenvalue weighted by Crippen LogP contribution is 2.29. The Morgan fingerprint density at radius 3 is 2.48 bits per heavy atom. The molecule has 0 heterocycles. The zero-order valence-corrected chi connectivity index (χ0v) is 12.4. The predicted octanol–water partition coefficient (Wildman–Crippen LogP) is 3.37. The fourth-order valence-corrected chi connectivity index (χ4v) is 1.96. The molecular formula is C17H18O4. The fraction of sp³-hybridized carbons (Fsp3) is 0.235. The van der Waals surface area contributed by atoms with Gasteiger partial charge in [0.25, 0.3) is 0 Å². The van der Waals surface area contributed by atoms with Crippen molar-refractivity contribution >= 4 is 5.97 Å². The summed E-state index contributed by atoms with van der Waals surface area (Å²) in [6, 6.07) is 13.0. The molecule has 0 N–H and O–H groups in total. The molecule has 2 aromatic carbocycles. The summed E-state index contributed by atoms with van der Waals surface area (Å²) in [6.07, 6.45) is 0. The number of methoxy groups -OCH3 is 2. The Morgan fingerprint density at radius 2 is 1.81 bits per heavy atom. The van der Waals surface area contributed by atoms with Crippen molar-refractivity contribution in [3.8, 4) is 11.5 Å². The van der Waals surface area contributed by atoms with Gasteiger partial charge in [0.05, 0.1) is 19.8 Å². The van der Waals surface area contributed by atoms with Crippen LogP contribution in [0.25, 0.3) is 0 Å². The van der Waals surface area contributed by atoms with Gasteiger partial charge < -0.3 is 14.2 Å². The van der Waals surface area contributed by atoms with Crippen molar-refractivity contribution in [2.75, 3.05) is 14.2 Å². The van der Waals surface area contributed by atoms with Crippen molar-refractivity contribution in [2.45, 2.75) is 13.5 Å². The van der Waals surface area contributed by atoms with Crippen LogP contribution in [0.3, 0.4) is 0 Å². The predicted molar refractivity (Wildman–Crippen MR) is 79.8 cm³/mol. The standard InChI is InChI=1S/C17H18O4/c1-12-6-4-5-7-14(12)11-21-15-9-8-13(17(18)20-3)10-16(15)19-2/h4-10H,11H2,1-3H3. The summed E-state index contributed by atoms with van der Waals surface area (Å²) in [5.41, 5.74) is 2.71. The molecule has 0 atom stereocenters. The molecule has 0 spiro atoms. The second-order valence-electron chi connectivity index (χ2n) is 4.57. The first-order valence-electron chi connectivity index (χ1n) is 6.59. The van der Waals surface area contributed by atoms with Crippen LogP contribution in [0.5, 0.6) is 11.5 Å². The van der Waals surface area contributed by atoms with Crippen LogP contribution in [0, 0.1) is 6.92 Å². The summed E-state index contributed by atoms with van der Waals surface area (Å²) in [6.45, 7) is 2.48. The molecule has 2 rings (SSSR count). The first-order chi connectivity index (χ1) is 10.2. The molecule has 0 amide bonds. The van der Waals surface area contributed by atoms with Gasteiger partial charge in [0.15, 0.2) is 11.5 Å². The molecule has 0 saturated heterocycles. The maximum Gasteiger partial charge on any atom is 0.337 e. The summed E-state index contributed by atoms with van der Waals surface area (Å²) in [5, 5.41) is 0. The average Bonchev–Trinajstić information content (AvgIpc) is 2.53. The first-order valence-corrected chi connectivity index (χ1v) is 6.59. The van der Waals surface area contributed by atoms with Crippen LogP contribution in [0.4, 0.5) is 0 Å². The van der Waals surface area contributed by atoms with E-state index in [9.17, 15) is 4.79 Å². The summed E-state index contributed by atoms with van der Waals surface area (Å²) in [4.78, 5) is 11.5. The summed E-state index contributed by atoms with van der Waals surface area (Å²) in [7, 11) is 2.88. The van der Waals surface area contributed by atoms with Crippen molar-refractivity contribution in [3.05, 3.63) is 59.2 Å². The van der Waals surface area contributed by atoms with Crippen LogP contribution in [0.15, 0.2) is 42.5 Å². The first kappa shape index (κ1) is 14.9. The van der Waals surface area contributed by atoms with Gasteiger partial charge in [-0.05, 0) is 36.2 Å². The van der Waals surface area contributed by atoms with Gasteiger partial charge in [-0.15, -0.1) is 0 Å². The molecule has 4 nitrogen and oxygen atoms in total. The molecule has 0 fully saturated rings. The molecular weight excluding hydrogens is 268 g/mol. The van der Waals surface area contributed by atoms with E-state index in [2.05, 4.69) is 4.74 Å². The molecule has 0 saturated carbocycles. The van der Waals surface area contributed by atoms with Crippen LogP contribution in [0.1, 0.15) is 21.5 Å². The van der Waals surface area contributed by atoms with Gasteiger partial charge in [-0.2, -0.15) is 0 Å². The Bertz CT molecular complexity index is 634. The third-order valence-electron chi connectivity index (χ3n) is 3.23. The second kappa shape index (κ2) is 6.79. The number of aryl methyl sites for hydroxylation is 1. The van der Waals surface area contributed by atoms with E-state index in [0.717, 1.165) is 5.56 Å². The minimum absolute atomic E-state index is 0.404. The minimum Gasteiger partial charge on any atom is -0.493 e. The van der Waals surface area contributed by atoms with Gasteiger partial charge >= 0.3 is 5.97 Å². The van der Waals surface area contributed by atoms with Gasteiger partial charge in [-0.3, -0.25) is 0 Å². The Balaban J connectivity index is 2.17. The van der Waals surface area contributed by atoms with Crippen molar-refractivity contribution < 1.29 is 19.0 Å². The van der Waals surface area contributed by atoms with Gasteiger partial charge in [0.1, 0.15) is 6.61 Å². The lowest BCUT2D eigenvalue weighted by Gasteiger charge is -2.12. The van der Waals surface area contributed by atoms with E-state index < -0.39 is 5.97 Å². The quantitative estimate of drug-likeness (QED) is 0.790. The number of carbonyl (C=O) groups excluding carboxylic acids is 1. The van der Waals surface area contributed by atoms with E-state index in [0.29, 0.717) is 23.7 Å². The fourth-order valence-electron chi connectivity index (χ4n) is 1.96. The van der Waals surface area contributed by atoms with E-state index in [4.69, 9.17) is 9.47 Å². The minimum atomic E-state index is -0.404. The summed E-state index contributed by atoms with van der Waals surface area (Å²) < 4.78 is 15.7. The highest BCUT2D eigenvalue weighted by atomic mass is 16.5. The van der Waals surface area contributed by atoms with Crippen LogP contribution in [-0.2, 0) is 11.3 Å². The van der Waals surface area contributed by atoms with Gasteiger partial charge in [0, 0.05) is 0 Å². The molecule has 0 aliphatic carbocycles. The van der Waals surface area contributed by atoms with Crippen molar-refractivity contribution in [1.29, 1.82) is 0 Å². The van der Waals surface area contributed by atoms with Crippen LogP contribution in [0.2, 0.25) is 0 Å². The molecule has 21 heavy (non-hydrogen) atoms. The Hall–Kier alpha value is -2.49. The maximum atomic E-state index is 11.5. The number of hydrogen-bond donors (Lipinski definition) is 0. The van der Waals surface area contributed by atoms with E-state index in [1.807, 2.05) is 31.2 Å². The number of carbonyl (C=O) groups is 1. The van der Waals surface area contributed by atoms with Crippen LogP contribution < -0.4 is 9.47 Å². The monoisotopic (exact) mass is 286 g/mol. The van der Waals surface area contributed by atoms with Crippen molar-refractivity contribution in [1.82, 2.24) is 0 Å². The van der Waals surface area contributed by atoms with E-state index in [1.165, 1.54) is 19.8 Å². The Labute approximate surface area is 124 Å². The Kier molecular flexibility index (Phi) is 4.82. The third-order valence-corrected chi connectivity index (χ3v) is 3.23. The summed E-state index contributed by atoms with van der Waals surface area (Å²) in [5.74, 6) is 0.693. The lowest BCUT2D eigenvalue weighted by Crippen LogP contribution is -2.03. The number of hydrogen-bond acceptors (Lipinski definition) is 4. The van der Waals surface area contributed by atoms with Crippen LogP contribution >= 0.6 is 0 Å². The topological polar surface area (TPSA) is 44.8 Å². The smallest absolute Gasteiger partial charge is 0.337 e. The molecule has 0 aromatic heterocycles. The zero-order chi connectivity index (χ0) is 15.2. The lowest BCUT2D eigenvalue weighted by atomic mass is 10.1. The number of esters is 1. The molecule has 4 heteroatoms. The van der Waals surface area contributed by atoms with E-state index in [1.54, 1.807) is 18.2 Å². The van der Waals surface area contributed by atoms with Gasteiger partial charge in [0.2, 0.25) is 0 Å². The third kappa shape index (κ3) is 3.54. The average molecular weight is 286 g/mol. The summed E-state index contributed by atoms with van der Waals surface area (Å²) >= 11 is 0. The van der Waals surface area contributed by atoms with E-state index in [-0.39, 0.29) is 0 Å². The van der Waals surface area contributed by atoms with Crippen molar-refractivity contribution in [2.24, 2.45) is 0 Å². The molecule has 0 unspecified atom stereocenters. The zero-order valence-electron chi connectivity index (χ0n) is 12.4. The SMILES string of the molecule is COC(=O)c1ccc(OCc2ccccc2C)c(OC)c1. The number of rotatable bonds is 5. The molecule has 0 bridgehead atoms. The molecule has 0 aliphatic heterocycles. The normalized spacial score (nSPS) is 10.0. The maximum absolute atomic E-state index is 11.5. The molecule has 0 aliphatic rings.